The van der Waals surface area contributed by atoms with Crippen molar-refractivity contribution < 1.29 is 13.2 Å². The Balaban J connectivity index is 4.86. The Hall–Kier alpha value is -0.280. The van der Waals surface area contributed by atoms with Crippen LogP contribution in [0.25, 0.3) is 0 Å². The number of rotatable bonds is 9. The van der Waals surface area contributed by atoms with Gasteiger partial charge in [-0.15, -0.1) is 0 Å². The molecule has 0 saturated carbocycles. The molecule has 0 bridgehead atoms. The summed E-state index contributed by atoms with van der Waals surface area (Å²) >= 11 is 4.78. The number of thiocarbonyl (C=S) groups is 1. The first-order chi connectivity index (χ1) is 8.23. The monoisotopic (exact) mass is 297 g/mol. The van der Waals surface area contributed by atoms with Crippen molar-refractivity contribution in [1.29, 1.82) is 0 Å². The van der Waals surface area contributed by atoms with Crippen LogP contribution < -0.4 is 5.73 Å². The highest BCUT2D eigenvalue weighted by Gasteiger charge is 2.28. The lowest BCUT2D eigenvalue weighted by atomic mass is 10.4. The summed E-state index contributed by atoms with van der Waals surface area (Å²) < 4.78 is 32.2. The van der Waals surface area contributed by atoms with Gasteiger partial charge in [-0.3, -0.25) is 0 Å². The van der Waals surface area contributed by atoms with Gasteiger partial charge in [-0.25, -0.2) is 0 Å². The van der Waals surface area contributed by atoms with Crippen LogP contribution in [0, 0.1) is 0 Å². The van der Waals surface area contributed by atoms with Gasteiger partial charge in [0.15, 0.2) is 0 Å². The fourth-order valence-corrected chi connectivity index (χ4v) is 2.83. The molecule has 0 radical (unpaired) electrons. The van der Waals surface area contributed by atoms with E-state index in [1.165, 1.54) is 15.7 Å². The van der Waals surface area contributed by atoms with E-state index < -0.39 is 10.2 Å². The molecule has 0 spiro atoms. The van der Waals surface area contributed by atoms with Crippen molar-refractivity contribution >= 4 is 27.4 Å². The first-order valence-corrected chi connectivity index (χ1v) is 7.54. The van der Waals surface area contributed by atoms with E-state index in [4.69, 9.17) is 22.7 Å². The minimum absolute atomic E-state index is 0.107. The predicted molar refractivity (Wildman–Crippen MR) is 76.7 cm³/mol. The van der Waals surface area contributed by atoms with E-state index in [0.29, 0.717) is 24.6 Å². The predicted octanol–water partition coefficient (Wildman–Crippen LogP) is 0.196. The normalized spacial score (nSPS) is 12.6. The Morgan fingerprint density at radius 2 is 1.94 bits per heavy atom. The molecular formula is C10H23N3O3S2. The van der Waals surface area contributed by atoms with Crippen LogP contribution in [0.15, 0.2) is 0 Å². The van der Waals surface area contributed by atoms with Crippen LogP contribution in [0.2, 0.25) is 0 Å². The van der Waals surface area contributed by atoms with Crippen molar-refractivity contribution in [3.05, 3.63) is 0 Å². The van der Waals surface area contributed by atoms with E-state index in [1.807, 2.05) is 13.8 Å². The highest BCUT2D eigenvalue weighted by atomic mass is 32.2. The molecule has 0 fully saturated rings. The summed E-state index contributed by atoms with van der Waals surface area (Å²) in [4.78, 5) is 0.305. The van der Waals surface area contributed by atoms with Gasteiger partial charge >= 0.3 is 0 Å². The average molecular weight is 297 g/mol. The van der Waals surface area contributed by atoms with E-state index in [9.17, 15) is 8.42 Å². The second kappa shape index (κ2) is 8.00. The molecule has 0 heterocycles. The van der Waals surface area contributed by atoms with Crippen molar-refractivity contribution in [2.24, 2.45) is 5.73 Å². The van der Waals surface area contributed by atoms with Crippen LogP contribution in [-0.2, 0) is 14.9 Å². The lowest BCUT2D eigenvalue weighted by molar-refractivity contribution is 0.176. The molecule has 18 heavy (non-hydrogen) atoms. The van der Waals surface area contributed by atoms with E-state index in [2.05, 4.69) is 0 Å². The molecule has 6 nitrogen and oxygen atoms in total. The van der Waals surface area contributed by atoms with Gasteiger partial charge in [-0.2, -0.15) is 17.0 Å². The molecule has 0 aromatic carbocycles. The van der Waals surface area contributed by atoms with Gasteiger partial charge in [0.05, 0.1) is 11.6 Å². The molecule has 0 aliphatic carbocycles. The smallest absolute Gasteiger partial charge is 0.282 e. The summed E-state index contributed by atoms with van der Waals surface area (Å²) in [5.41, 5.74) is 5.41. The summed E-state index contributed by atoms with van der Waals surface area (Å²) in [6.45, 7) is 4.54. The Morgan fingerprint density at radius 3 is 2.33 bits per heavy atom. The zero-order valence-electron chi connectivity index (χ0n) is 11.4. The van der Waals surface area contributed by atoms with Crippen LogP contribution >= 0.6 is 12.2 Å². The maximum absolute atomic E-state index is 12.3. The zero-order valence-corrected chi connectivity index (χ0v) is 13.1. The van der Waals surface area contributed by atoms with E-state index in [0.717, 1.165) is 0 Å². The molecule has 8 heteroatoms. The molecule has 0 aliphatic heterocycles. The molecule has 0 aliphatic rings. The van der Waals surface area contributed by atoms with Crippen LogP contribution in [0.5, 0.6) is 0 Å². The minimum atomic E-state index is -3.50. The third-order valence-electron chi connectivity index (χ3n) is 2.57. The molecular weight excluding hydrogens is 274 g/mol. The number of methoxy groups -OCH3 is 1. The quantitative estimate of drug-likeness (QED) is 0.615. The summed E-state index contributed by atoms with van der Waals surface area (Å²) in [5, 5.41) is 0. The maximum atomic E-state index is 12.3. The van der Waals surface area contributed by atoms with Crippen LogP contribution in [-0.4, -0.2) is 61.9 Å². The largest absolute Gasteiger partial charge is 0.393 e. The van der Waals surface area contributed by atoms with Gasteiger partial charge in [0.25, 0.3) is 10.2 Å². The molecule has 0 aromatic rings. The second-order valence-electron chi connectivity index (χ2n) is 4.23. The maximum Gasteiger partial charge on any atom is 0.282 e. The highest BCUT2D eigenvalue weighted by molar-refractivity contribution is 7.86. The number of hydrogen-bond donors (Lipinski definition) is 1. The van der Waals surface area contributed by atoms with Gasteiger partial charge in [0.1, 0.15) is 0 Å². The highest BCUT2D eigenvalue weighted by Crippen LogP contribution is 2.10. The standard InChI is InChI=1S/C10H23N3O3S2/c1-9(2)12(3)18(14,15)13(7-8-16-4)6-5-10(11)17/h9H,5-8H2,1-4H3,(H2,11,17). The summed E-state index contributed by atoms with van der Waals surface area (Å²) in [6.07, 6.45) is 0.365. The van der Waals surface area contributed by atoms with Crippen molar-refractivity contribution in [3.8, 4) is 0 Å². The molecule has 0 amide bonds. The molecule has 0 aromatic heterocycles. The summed E-state index contributed by atoms with van der Waals surface area (Å²) in [6, 6.07) is -0.107. The van der Waals surface area contributed by atoms with E-state index in [-0.39, 0.29) is 12.6 Å². The minimum Gasteiger partial charge on any atom is -0.393 e. The topological polar surface area (TPSA) is 75.9 Å². The number of nitrogens with two attached hydrogens (primary N) is 1. The summed E-state index contributed by atoms with van der Waals surface area (Å²) in [5.74, 6) is 0. The first-order valence-electron chi connectivity index (χ1n) is 5.73. The van der Waals surface area contributed by atoms with Crippen LogP contribution in [0.1, 0.15) is 20.3 Å². The molecule has 0 unspecified atom stereocenters. The average Bonchev–Trinajstić information content (AvgIpc) is 2.27. The van der Waals surface area contributed by atoms with E-state index >= 15 is 0 Å². The van der Waals surface area contributed by atoms with Gasteiger partial charge in [0.2, 0.25) is 0 Å². The molecule has 0 atom stereocenters. The molecule has 2 N–H and O–H groups in total. The van der Waals surface area contributed by atoms with Crippen molar-refractivity contribution in [2.75, 3.05) is 33.9 Å². The van der Waals surface area contributed by atoms with Crippen LogP contribution in [0.3, 0.4) is 0 Å². The number of nitrogens with zero attached hydrogens (tertiary/aromatic N) is 2. The fourth-order valence-electron chi connectivity index (χ4n) is 1.22. The molecule has 108 valence electrons. The molecule has 0 rings (SSSR count). The van der Waals surface area contributed by atoms with Gasteiger partial charge in [-0.1, -0.05) is 12.2 Å². The fraction of sp³-hybridized carbons (Fsp3) is 0.900. The van der Waals surface area contributed by atoms with Gasteiger partial charge in [-0.05, 0) is 13.8 Å². The second-order valence-corrected chi connectivity index (χ2v) is 6.74. The summed E-state index contributed by atoms with van der Waals surface area (Å²) in [7, 11) is -0.408. The lowest BCUT2D eigenvalue weighted by Crippen LogP contribution is -2.46. The number of ether oxygens (including phenoxy) is 1. The first kappa shape index (κ1) is 17.7. The number of hydrogen-bond acceptors (Lipinski definition) is 4. The Morgan fingerprint density at radius 1 is 1.39 bits per heavy atom. The Labute approximate surface area is 115 Å². The van der Waals surface area contributed by atoms with Crippen molar-refractivity contribution in [2.45, 2.75) is 26.3 Å². The lowest BCUT2D eigenvalue weighted by Gasteiger charge is -2.29. The third kappa shape index (κ3) is 5.57. The van der Waals surface area contributed by atoms with Crippen LogP contribution in [0.4, 0.5) is 0 Å². The van der Waals surface area contributed by atoms with Gasteiger partial charge < -0.3 is 10.5 Å². The Bertz CT molecular complexity index is 357. The SMILES string of the molecule is COCCN(CCC(N)=S)S(=O)(=O)N(C)C(C)C. The van der Waals surface area contributed by atoms with Crippen molar-refractivity contribution in [3.63, 3.8) is 0 Å². The van der Waals surface area contributed by atoms with Gasteiger partial charge in [0, 0.05) is 39.7 Å². The van der Waals surface area contributed by atoms with E-state index in [1.54, 1.807) is 7.05 Å². The molecule has 0 saturated heterocycles. The van der Waals surface area contributed by atoms with Crippen molar-refractivity contribution in [1.82, 2.24) is 8.61 Å². The zero-order chi connectivity index (χ0) is 14.3. The Kier molecular flexibility index (Phi) is 7.88. The third-order valence-corrected chi connectivity index (χ3v) is 4.94.